The van der Waals surface area contributed by atoms with E-state index in [4.69, 9.17) is 44.6 Å². The van der Waals surface area contributed by atoms with Gasteiger partial charge in [0, 0.05) is 95.2 Å². The van der Waals surface area contributed by atoms with Gasteiger partial charge < -0.3 is 19.1 Å². The van der Waals surface area contributed by atoms with E-state index < -0.39 is 0 Å². The number of fused-ring (bicyclic) bond motifs is 4. The summed E-state index contributed by atoms with van der Waals surface area (Å²) in [7, 11) is 0. The van der Waals surface area contributed by atoms with Gasteiger partial charge in [0.1, 0.15) is 5.82 Å². The number of hydrogen-bond donors (Lipinski definition) is 0. The van der Waals surface area contributed by atoms with Gasteiger partial charge in [0.2, 0.25) is 0 Å². The number of para-hydroxylation sites is 1. The average molecular weight is 1300 g/mol. The molecule has 8 aromatic carbocycles. The molecule has 86 heavy (non-hydrogen) atoms. The molecular weight excluding hydrogens is 1240 g/mol. The predicted octanol–water partition coefficient (Wildman–Crippen LogP) is 17.3. The summed E-state index contributed by atoms with van der Waals surface area (Å²) < 4.78 is 8.96. The van der Waals surface area contributed by atoms with Gasteiger partial charge in [-0.3, -0.25) is 4.98 Å². The van der Waals surface area contributed by atoms with Crippen LogP contribution < -0.4 is 14.5 Å². The Bertz CT molecular complexity index is 4380. The van der Waals surface area contributed by atoms with Crippen LogP contribution in [-0.2, 0) is 31.9 Å². The Morgan fingerprint density at radius 3 is 1.49 bits per heavy atom. The molecule has 1 aliphatic rings. The fourth-order valence-corrected chi connectivity index (χ4v) is 10.8. The Morgan fingerprint density at radius 1 is 0.430 bits per heavy atom. The Hall–Kier alpha value is -10.0. The van der Waals surface area contributed by atoms with E-state index in [-0.39, 0.29) is 31.9 Å². The van der Waals surface area contributed by atoms with Gasteiger partial charge in [0.05, 0.1) is 11.9 Å². The summed E-state index contributed by atoms with van der Waals surface area (Å²) in [4.78, 5) is 45.8. The molecule has 0 bridgehead atoms. The molecule has 422 valence electrons. The molecule has 6 heterocycles. The zero-order valence-electron chi connectivity index (χ0n) is 48.1. The fourth-order valence-electron chi connectivity index (χ4n) is 10.8. The maximum absolute atomic E-state index is 6.78. The van der Waals surface area contributed by atoms with Gasteiger partial charge in [-0.15, -0.1) is 48.1 Å². The van der Waals surface area contributed by atoms with Crippen LogP contribution >= 0.6 is 0 Å². The Kier molecular flexibility index (Phi) is 14.4. The minimum atomic E-state index is -0.375. The van der Waals surface area contributed by atoms with Crippen molar-refractivity contribution in [2.75, 3.05) is 9.80 Å². The van der Waals surface area contributed by atoms with Crippen LogP contribution in [0.5, 0.6) is 11.5 Å². The van der Waals surface area contributed by atoms with E-state index in [1.54, 1.807) is 6.20 Å². The van der Waals surface area contributed by atoms with Crippen LogP contribution in [-0.4, -0.2) is 44.4 Å². The quantitative estimate of drug-likeness (QED) is 0.115. The SMILES string of the molecule is CC(C)(C)c1ccnc(-n2c3[c-]c(Oc4[c-]c(N5[CH-]N(c6c(-c7nc(-c8ccccc8)nc(-c8ccccc8)n7)cc(C(C)(C)C)cc6-c6nc(-c7ccccc7)nc(-c7ccccc7)n6)c6cnccc65)ccc4)ccc3c3ccccc32)c1.[Pt]. The molecule has 0 radical (unpaired) electrons. The fraction of sp³-hybridized carbons (Fsp3) is 0.110. The number of benzene rings is 8. The standard InChI is InChI=1S/C73H56N11O.Pt/c1-72(2,3)51-36-39-75-64(42-51)84-60-33-20-19-32-56(60)57-35-34-55(44-62(57)84)85-54-31-21-30-53(43-54)82-46-83(63-45-74-38-37-61(63)82)65-58(70-78-66(47-22-11-7-12-23-47)76-67(79-70)48-24-13-8-14-25-48)40-52(73(4,5)6)41-59(65)71-80-68(49-26-15-9-16-27-49)77-69(81-71)50-28-17-10-18-29-50;/h7-42,45-46H,1-6H3;/q-3;. The summed E-state index contributed by atoms with van der Waals surface area (Å²) in [5.74, 6) is 4.88. The summed E-state index contributed by atoms with van der Waals surface area (Å²) in [6, 6.07) is 76.5. The molecule has 0 unspecified atom stereocenters. The first-order valence-electron chi connectivity index (χ1n) is 28.3. The number of anilines is 4. The molecule has 13 heteroatoms. The number of pyridine rings is 2. The first-order chi connectivity index (χ1) is 41.4. The van der Waals surface area contributed by atoms with Gasteiger partial charge in [0.25, 0.3) is 0 Å². The summed E-state index contributed by atoms with van der Waals surface area (Å²) >= 11 is 0. The van der Waals surface area contributed by atoms with Crippen LogP contribution in [0.25, 0.3) is 96.0 Å². The molecule has 0 atom stereocenters. The van der Waals surface area contributed by atoms with Gasteiger partial charge in [-0.2, -0.15) is 12.1 Å². The summed E-state index contributed by atoms with van der Waals surface area (Å²) in [6.45, 7) is 15.3. The first kappa shape index (κ1) is 55.2. The van der Waals surface area contributed by atoms with E-state index in [0.717, 1.165) is 83.6 Å². The van der Waals surface area contributed by atoms with Crippen LogP contribution in [0, 0.1) is 18.8 Å². The average Bonchev–Trinajstić information content (AvgIpc) is 3.10. The van der Waals surface area contributed by atoms with Gasteiger partial charge in [-0.1, -0.05) is 187 Å². The van der Waals surface area contributed by atoms with Crippen molar-refractivity contribution in [2.45, 2.75) is 52.4 Å². The van der Waals surface area contributed by atoms with E-state index in [9.17, 15) is 0 Å². The molecule has 0 N–H and O–H groups in total. The third kappa shape index (κ3) is 10.6. The van der Waals surface area contributed by atoms with E-state index in [0.29, 0.717) is 52.1 Å². The van der Waals surface area contributed by atoms with E-state index >= 15 is 0 Å². The molecule has 5 aromatic heterocycles. The van der Waals surface area contributed by atoms with Crippen LogP contribution in [0.4, 0.5) is 22.7 Å². The molecule has 0 spiro atoms. The van der Waals surface area contributed by atoms with Crippen LogP contribution in [0.2, 0.25) is 0 Å². The van der Waals surface area contributed by atoms with Crippen molar-refractivity contribution in [1.29, 1.82) is 0 Å². The van der Waals surface area contributed by atoms with E-state index in [1.165, 1.54) is 5.56 Å². The molecule has 0 saturated heterocycles. The van der Waals surface area contributed by atoms with Crippen LogP contribution in [0.3, 0.4) is 0 Å². The second kappa shape index (κ2) is 22.5. The molecule has 0 fully saturated rings. The second-order valence-corrected chi connectivity index (χ2v) is 23.1. The smallest absolute Gasteiger partial charge is 0.166 e. The maximum Gasteiger partial charge on any atom is 0.166 e. The third-order valence-electron chi connectivity index (χ3n) is 15.3. The summed E-state index contributed by atoms with van der Waals surface area (Å²) in [6.07, 6.45) is 5.57. The van der Waals surface area contributed by atoms with Crippen LogP contribution in [0.1, 0.15) is 52.7 Å². The molecule has 0 amide bonds. The van der Waals surface area contributed by atoms with Gasteiger partial charge >= 0.3 is 0 Å². The minimum absolute atomic E-state index is 0. The maximum atomic E-state index is 6.78. The monoisotopic (exact) mass is 1300 g/mol. The Balaban J connectivity index is 0.00000686. The number of nitrogens with zero attached hydrogens (tertiary/aromatic N) is 11. The molecular formula is C73H56N11OPt-3. The van der Waals surface area contributed by atoms with Crippen molar-refractivity contribution in [3.05, 3.63) is 255 Å². The van der Waals surface area contributed by atoms with Gasteiger partial charge in [-0.25, -0.2) is 34.9 Å². The number of ether oxygens (including phenoxy) is 1. The summed E-state index contributed by atoms with van der Waals surface area (Å²) in [5.41, 5.74) is 11.6. The van der Waals surface area contributed by atoms with E-state index in [1.807, 2.05) is 164 Å². The molecule has 1 aliphatic heterocycles. The predicted molar refractivity (Wildman–Crippen MR) is 339 cm³/mol. The van der Waals surface area contributed by atoms with Crippen molar-refractivity contribution < 1.29 is 25.8 Å². The molecule has 0 saturated carbocycles. The molecule has 12 nitrogen and oxygen atoms in total. The number of hydrogen-bond acceptors (Lipinski definition) is 11. The number of rotatable bonds is 11. The van der Waals surface area contributed by atoms with Gasteiger partial charge in [-0.05, 0) is 63.7 Å². The first-order valence-corrected chi connectivity index (χ1v) is 28.3. The largest absolute Gasteiger partial charge is 0.509 e. The molecule has 14 rings (SSSR count). The topological polar surface area (TPSA) is 124 Å². The normalized spacial score (nSPS) is 12.3. The second-order valence-electron chi connectivity index (χ2n) is 23.1. The summed E-state index contributed by atoms with van der Waals surface area (Å²) in [5, 5.41) is 2.15. The van der Waals surface area contributed by atoms with Crippen molar-refractivity contribution >= 4 is 44.6 Å². The van der Waals surface area contributed by atoms with Crippen LogP contribution in [0.15, 0.2) is 225 Å². The zero-order chi connectivity index (χ0) is 57.8. The third-order valence-corrected chi connectivity index (χ3v) is 15.3. The van der Waals surface area contributed by atoms with Crippen molar-refractivity contribution in [3.63, 3.8) is 0 Å². The van der Waals surface area contributed by atoms with Crippen molar-refractivity contribution in [1.82, 2.24) is 44.4 Å². The molecule has 0 aliphatic carbocycles. The molecule has 13 aromatic rings. The number of aromatic nitrogens is 9. The van der Waals surface area contributed by atoms with E-state index in [2.05, 4.69) is 129 Å². The van der Waals surface area contributed by atoms with Crippen molar-refractivity contribution in [3.8, 4) is 85.6 Å². The Labute approximate surface area is 514 Å². The van der Waals surface area contributed by atoms with Gasteiger partial charge in [0.15, 0.2) is 34.9 Å². The zero-order valence-corrected chi connectivity index (χ0v) is 50.4. The minimum Gasteiger partial charge on any atom is -0.509 e. The van der Waals surface area contributed by atoms with Crippen molar-refractivity contribution in [2.24, 2.45) is 0 Å². The Morgan fingerprint density at radius 2 is 0.942 bits per heavy atom.